The number of methoxy groups -OCH3 is 5. The first kappa shape index (κ1) is 46.5. The van der Waals surface area contributed by atoms with Crippen LogP contribution >= 0.6 is 23.4 Å². The summed E-state index contributed by atoms with van der Waals surface area (Å²) in [7, 11) is 8.10. The molecule has 0 aromatic heterocycles. The molecule has 0 saturated carbocycles. The van der Waals surface area contributed by atoms with Crippen LogP contribution in [0.15, 0.2) is 132 Å². The van der Waals surface area contributed by atoms with Crippen LogP contribution in [-0.2, 0) is 12.8 Å². The molecule has 2 aliphatic heterocycles. The second-order valence-corrected chi connectivity index (χ2v) is 16.5. The first-order valence-electron chi connectivity index (χ1n) is 21.1. The molecule has 6 aromatic rings. The summed E-state index contributed by atoms with van der Waals surface area (Å²) in [5, 5.41) is 0.524. The molecule has 0 bridgehead atoms. The van der Waals surface area contributed by atoms with Gasteiger partial charge in [0, 0.05) is 34.1 Å². The van der Waals surface area contributed by atoms with Gasteiger partial charge in [-0.2, -0.15) is 0 Å². The summed E-state index contributed by atoms with van der Waals surface area (Å²) in [5.74, 6) is 4.75. The number of carbonyl (C=O) groups is 2. The topological polar surface area (TPSA) is 105 Å². The van der Waals surface area contributed by atoms with Gasteiger partial charge in [0.05, 0.1) is 47.6 Å². The zero-order valence-electron chi connectivity index (χ0n) is 37.4. The summed E-state index contributed by atoms with van der Waals surface area (Å²) in [4.78, 5) is 31.8. The van der Waals surface area contributed by atoms with E-state index in [1.807, 2.05) is 119 Å². The number of benzene rings is 6. The number of thioether (sulfide) groups is 1. The van der Waals surface area contributed by atoms with Crippen molar-refractivity contribution in [3.63, 3.8) is 0 Å². The Morgan fingerprint density at radius 2 is 0.985 bits per heavy atom. The Morgan fingerprint density at radius 1 is 0.538 bits per heavy atom. The maximum absolute atomic E-state index is 13.5. The number of carbonyl (C=O) groups excluding carboxylic acids is 2. The fourth-order valence-corrected chi connectivity index (χ4v) is 8.73. The zero-order chi connectivity index (χ0) is 45.9. The van der Waals surface area contributed by atoms with Gasteiger partial charge in [0.2, 0.25) is 0 Å². The highest BCUT2D eigenvalue weighted by molar-refractivity contribution is 7.98. The molecule has 2 heterocycles. The molecule has 2 amide bonds. The van der Waals surface area contributed by atoms with Crippen molar-refractivity contribution >= 4 is 35.2 Å². The number of rotatable bonds is 14. The van der Waals surface area contributed by atoms with Crippen molar-refractivity contribution in [3.8, 4) is 40.2 Å². The lowest BCUT2D eigenvalue weighted by atomic mass is 9.91. The van der Waals surface area contributed by atoms with Crippen molar-refractivity contribution in [3.05, 3.63) is 166 Å². The van der Waals surface area contributed by atoms with Crippen LogP contribution in [0.1, 0.15) is 55.1 Å². The van der Waals surface area contributed by atoms with Crippen LogP contribution in [0.3, 0.4) is 0 Å². The van der Waals surface area contributed by atoms with Crippen molar-refractivity contribution in [2.24, 2.45) is 0 Å². The van der Waals surface area contributed by atoms with Gasteiger partial charge in [-0.15, -0.1) is 11.8 Å². The SMILES string of the molecule is COc1cc2c(cc1OC)C(COc1ccc(SC)cc1)N(C(=O)c1ccccc1)CC2.COc1ccc(OC[C@@H]2c3cc(OC)c(OC)cc3CCN2C(=O)c2cccc(Cl)c2)cc1. The molecule has 11 nitrogen and oxygen atoms in total. The van der Waals surface area contributed by atoms with Crippen LogP contribution in [0.25, 0.3) is 0 Å². The maximum atomic E-state index is 13.5. The highest BCUT2D eigenvalue weighted by Crippen LogP contribution is 2.41. The van der Waals surface area contributed by atoms with Gasteiger partial charge in [0.1, 0.15) is 30.5 Å². The van der Waals surface area contributed by atoms with Gasteiger partial charge >= 0.3 is 0 Å². The lowest BCUT2D eigenvalue weighted by molar-refractivity contribution is 0.0583. The third-order valence-electron chi connectivity index (χ3n) is 11.6. The molecule has 6 aromatic carbocycles. The number of halogens is 1. The third-order valence-corrected chi connectivity index (χ3v) is 12.5. The van der Waals surface area contributed by atoms with E-state index in [1.54, 1.807) is 71.6 Å². The van der Waals surface area contributed by atoms with Crippen LogP contribution in [0.4, 0.5) is 0 Å². The van der Waals surface area contributed by atoms with Crippen LogP contribution in [0, 0.1) is 0 Å². The van der Waals surface area contributed by atoms with E-state index in [0.29, 0.717) is 71.0 Å². The third kappa shape index (κ3) is 10.9. The first-order valence-corrected chi connectivity index (χ1v) is 22.7. The molecule has 2 aliphatic rings. The highest BCUT2D eigenvalue weighted by atomic mass is 35.5. The van der Waals surface area contributed by atoms with Gasteiger partial charge in [-0.25, -0.2) is 0 Å². The fraction of sp³-hybridized carbons (Fsp3) is 0.269. The van der Waals surface area contributed by atoms with Crippen molar-refractivity contribution in [2.45, 2.75) is 29.8 Å². The molecule has 0 N–H and O–H groups in total. The lowest BCUT2D eigenvalue weighted by Gasteiger charge is -2.37. The number of ether oxygens (including phenoxy) is 7. The summed E-state index contributed by atoms with van der Waals surface area (Å²) in [6.45, 7) is 1.78. The summed E-state index contributed by atoms with van der Waals surface area (Å²) in [6, 6.07) is 39.1. The second-order valence-electron chi connectivity index (χ2n) is 15.2. The van der Waals surface area contributed by atoms with Gasteiger partial charge in [-0.1, -0.05) is 35.9 Å². The van der Waals surface area contributed by atoms with E-state index in [9.17, 15) is 9.59 Å². The summed E-state index contributed by atoms with van der Waals surface area (Å²) in [5.41, 5.74) is 5.46. The Balaban J connectivity index is 0.000000194. The number of hydrogen-bond acceptors (Lipinski definition) is 10. The maximum Gasteiger partial charge on any atom is 0.254 e. The molecule has 338 valence electrons. The fourth-order valence-electron chi connectivity index (χ4n) is 8.13. The van der Waals surface area contributed by atoms with Crippen molar-refractivity contribution in [2.75, 3.05) is 68.1 Å². The van der Waals surface area contributed by atoms with E-state index in [2.05, 4.69) is 0 Å². The molecular weight excluding hydrogens is 864 g/mol. The minimum absolute atomic E-state index is 0.00244. The highest BCUT2D eigenvalue weighted by Gasteiger charge is 2.35. The van der Waals surface area contributed by atoms with E-state index in [0.717, 1.165) is 40.2 Å². The number of hydrogen-bond donors (Lipinski definition) is 0. The predicted molar refractivity (Wildman–Crippen MR) is 254 cm³/mol. The predicted octanol–water partition coefficient (Wildman–Crippen LogP) is 10.4. The second kappa shape index (κ2) is 21.9. The largest absolute Gasteiger partial charge is 0.497 e. The van der Waals surface area contributed by atoms with Crippen LogP contribution in [-0.4, -0.2) is 89.7 Å². The standard InChI is InChI=1S/C26H26ClNO5.C26H27NO4S/c1-30-20-7-9-21(10-8-20)33-16-23-22-15-25(32-3)24(31-2)14-17(22)11-12-28(23)26(29)18-5-4-6-19(27)13-18;1-29-24-15-19-13-14-27(26(28)18-7-5-4-6-8-18)23(22(19)16-25(24)30-2)17-31-20-9-11-21(32-3)12-10-20/h4-10,13-15,23H,11-12,16H2,1-3H3;4-12,15-16,23H,13-14,17H2,1-3H3/t23-;/m1./s1. The summed E-state index contributed by atoms with van der Waals surface area (Å²) >= 11 is 7.84. The summed E-state index contributed by atoms with van der Waals surface area (Å²) in [6.07, 6.45) is 3.48. The molecule has 0 fully saturated rings. The van der Waals surface area contributed by atoms with E-state index in [-0.39, 0.29) is 30.5 Å². The normalized spacial score (nSPS) is 15.0. The van der Waals surface area contributed by atoms with E-state index < -0.39 is 0 Å². The van der Waals surface area contributed by atoms with Crippen molar-refractivity contribution in [1.29, 1.82) is 0 Å². The van der Waals surface area contributed by atoms with Gasteiger partial charge in [-0.3, -0.25) is 9.59 Å². The lowest BCUT2D eigenvalue weighted by Crippen LogP contribution is -2.42. The van der Waals surface area contributed by atoms with Gasteiger partial charge in [0.15, 0.2) is 23.0 Å². The Labute approximate surface area is 390 Å². The molecule has 0 radical (unpaired) electrons. The monoisotopic (exact) mass is 916 g/mol. The average molecular weight is 918 g/mol. The Hall–Kier alpha value is -6.50. The quantitative estimate of drug-likeness (QED) is 0.0981. The molecule has 8 rings (SSSR count). The van der Waals surface area contributed by atoms with Crippen LogP contribution < -0.4 is 33.2 Å². The van der Waals surface area contributed by atoms with Gasteiger partial charge in [-0.05, 0) is 144 Å². The first-order chi connectivity index (χ1) is 31.7. The van der Waals surface area contributed by atoms with Crippen molar-refractivity contribution in [1.82, 2.24) is 9.80 Å². The number of amides is 2. The smallest absolute Gasteiger partial charge is 0.254 e. The Morgan fingerprint density at radius 3 is 1.45 bits per heavy atom. The summed E-state index contributed by atoms with van der Waals surface area (Å²) < 4.78 is 39.6. The molecule has 0 saturated heterocycles. The Bertz CT molecular complexity index is 2560. The van der Waals surface area contributed by atoms with Gasteiger partial charge < -0.3 is 43.0 Å². The molecule has 2 atom stereocenters. The molecule has 65 heavy (non-hydrogen) atoms. The molecule has 0 spiro atoms. The van der Waals surface area contributed by atoms with E-state index >= 15 is 0 Å². The number of fused-ring (bicyclic) bond motifs is 2. The molecule has 0 aliphatic carbocycles. The zero-order valence-corrected chi connectivity index (χ0v) is 38.9. The molecular formula is C52H53ClN2O9S. The van der Waals surface area contributed by atoms with E-state index in [4.69, 9.17) is 44.8 Å². The van der Waals surface area contributed by atoms with Crippen LogP contribution in [0.5, 0.6) is 40.2 Å². The molecule has 13 heteroatoms. The molecule has 1 unspecified atom stereocenters. The number of nitrogens with zero attached hydrogens (tertiary/aromatic N) is 2. The van der Waals surface area contributed by atoms with E-state index in [1.165, 1.54) is 4.90 Å². The van der Waals surface area contributed by atoms with Gasteiger partial charge in [0.25, 0.3) is 11.8 Å². The van der Waals surface area contributed by atoms with Crippen molar-refractivity contribution < 1.29 is 42.7 Å². The minimum atomic E-state index is -0.317. The Kier molecular flexibility index (Phi) is 15.7. The average Bonchev–Trinajstić information content (AvgIpc) is 3.36. The van der Waals surface area contributed by atoms with Crippen LogP contribution in [0.2, 0.25) is 5.02 Å². The minimum Gasteiger partial charge on any atom is -0.497 e.